The number of aromatic nitrogens is 3. The first-order valence-electron chi connectivity index (χ1n) is 5.40. The van der Waals surface area contributed by atoms with Gasteiger partial charge in [-0.3, -0.25) is 4.57 Å². The summed E-state index contributed by atoms with van der Waals surface area (Å²) < 4.78 is 67.5. The molecule has 1 heterocycles. The Kier molecular flexibility index (Phi) is 3.68. The van der Waals surface area contributed by atoms with Crippen LogP contribution < -0.4 is 0 Å². The van der Waals surface area contributed by atoms with Gasteiger partial charge in [0.2, 0.25) is 11.1 Å². The number of halogens is 6. The molecule has 0 unspecified atom stereocenters. The van der Waals surface area contributed by atoms with Gasteiger partial charge in [-0.15, -0.1) is 10.2 Å². The van der Waals surface area contributed by atoms with E-state index in [0.717, 1.165) is 0 Å². The molecule has 0 spiro atoms. The highest BCUT2D eigenvalue weighted by Crippen LogP contribution is 2.30. The fourth-order valence-electron chi connectivity index (χ4n) is 1.65. The van der Waals surface area contributed by atoms with Crippen molar-refractivity contribution in [3.8, 4) is 5.69 Å². The molecule has 20 heavy (non-hydrogen) atoms. The fourth-order valence-corrected chi connectivity index (χ4v) is 1.86. The zero-order valence-electron chi connectivity index (χ0n) is 10.2. The zero-order chi connectivity index (χ0) is 15.2. The Balaban J connectivity index is 2.87. The van der Waals surface area contributed by atoms with Crippen molar-refractivity contribution >= 4 is 11.6 Å². The summed E-state index contributed by atoms with van der Waals surface area (Å²) >= 11 is 5.63. The average molecular weight is 312 g/mol. The minimum atomic E-state index is -2.24. The molecule has 0 aliphatic carbocycles. The molecular formula is C11H7ClF5N3. The molecule has 0 fully saturated rings. The highest BCUT2D eigenvalue weighted by Gasteiger charge is 2.30. The van der Waals surface area contributed by atoms with Crippen molar-refractivity contribution in [3.63, 3.8) is 0 Å². The first kappa shape index (κ1) is 14.7. The van der Waals surface area contributed by atoms with Gasteiger partial charge in [0, 0.05) is 5.92 Å². The molecular weight excluding hydrogens is 305 g/mol. The number of nitrogens with zero attached hydrogens (tertiary/aromatic N) is 3. The minimum Gasteiger partial charge on any atom is -0.263 e. The maximum atomic E-state index is 13.7. The van der Waals surface area contributed by atoms with Crippen molar-refractivity contribution in [1.29, 1.82) is 0 Å². The van der Waals surface area contributed by atoms with Gasteiger partial charge in [-0.25, -0.2) is 22.0 Å². The smallest absolute Gasteiger partial charge is 0.229 e. The Morgan fingerprint density at radius 1 is 0.850 bits per heavy atom. The van der Waals surface area contributed by atoms with E-state index in [1.165, 1.54) is 0 Å². The van der Waals surface area contributed by atoms with Gasteiger partial charge in [-0.05, 0) is 11.6 Å². The van der Waals surface area contributed by atoms with E-state index < -0.39 is 46.0 Å². The number of hydrogen-bond donors (Lipinski definition) is 0. The average Bonchev–Trinajstić information content (AvgIpc) is 2.77. The number of benzene rings is 1. The van der Waals surface area contributed by atoms with Crippen LogP contribution in [0.1, 0.15) is 25.6 Å². The van der Waals surface area contributed by atoms with Gasteiger partial charge in [-0.2, -0.15) is 0 Å². The second-order valence-electron chi connectivity index (χ2n) is 4.24. The first-order valence-corrected chi connectivity index (χ1v) is 5.77. The van der Waals surface area contributed by atoms with E-state index in [1.807, 2.05) is 0 Å². The SMILES string of the molecule is CC(C)c1nnc(Cl)n1-c1c(F)c(F)c(F)c(F)c1F. The van der Waals surface area contributed by atoms with Crippen molar-refractivity contribution in [2.24, 2.45) is 0 Å². The summed E-state index contributed by atoms with van der Waals surface area (Å²) in [4.78, 5) is 0. The van der Waals surface area contributed by atoms with Crippen molar-refractivity contribution in [1.82, 2.24) is 14.8 Å². The Morgan fingerprint density at radius 3 is 1.75 bits per heavy atom. The normalized spacial score (nSPS) is 11.4. The third-order valence-electron chi connectivity index (χ3n) is 2.58. The molecule has 0 saturated heterocycles. The van der Waals surface area contributed by atoms with Crippen molar-refractivity contribution in [3.05, 3.63) is 40.2 Å². The predicted molar refractivity (Wildman–Crippen MR) is 60.2 cm³/mol. The van der Waals surface area contributed by atoms with Crippen LogP contribution in [-0.2, 0) is 0 Å². The lowest BCUT2D eigenvalue weighted by molar-refractivity contribution is 0.375. The van der Waals surface area contributed by atoms with Crippen LogP contribution in [0.4, 0.5) is 22.0 Å². The van der Waals surface area contributed by atoms with E-state index in [4.69, 9.17) is 11.6 Å². The second kappa shape index (κ2) is 5.01. The Labute approximate surface area is 115 Å². The lowest BCUT2D eigenvalue weighted by Gasteiger charge is -2.13. The molecule has 0 N–H and O–H groups in total. The molecule has 0 radical (unpaired) electrons. The van der Waals surface area contributed by atoms with Gasteiger partial charge in [0.15, 0.2) is 23.3 Å². The topological polar surface area (TPSA) is 30.7 Å². The van der Waals surface area contributed by atoms with Gasteiger partial charge < -0.3 is 0 Å². The standard InChI is InChI=1S/C11H7ClF5N3/c1-3(2)10-18-19-11(12)20(10)9-7(16)5(14)4(13)6(15)8(9)17/h3H,1-2H3. The van der Waals surface area contributed by atoms with Crippen LogP contribution >= 0.6 is 11.6 Å². The molecule has 2 aromatic rings. The third kappa shape index (κ3) is 2.04. The minimum absolute atomic E-state index is 0.0294. The summed E-state index contributed by atoms with van der Waals surface area (Å²) in [5, 5.41) is 6.45. The zero-order valence-corrected chi connectivity index (χ0v) is 10.9. The van der Waals surface area contributed by atoms with Crippen LogP contribution in [0.5, 0.6) is 0 Å². The van der Waals surface area contributed by atoms with Crippen LogP contribution in [0.15, 0.2) is 0 Å². The second-order valence-corrected chi connectivity index (χ2v) is 4.57. The molecule has 1 aromatic heterocycles. The summed E-state index contributed by atoms with van der Waals surface area (Å²) in [6, 6.07) is 0. The van der Waals surface area contributed by atoms with Gasteiger partial charge in [0.1, 0.15) is 11.5 Å². The monoisotopic (exact) mass is 311 g/mol. The molecule has 1 aromatic carbocycles. The van der Waals surface area contributed by atoms with Crippen molar-refractivity contribution in [2.75, 3.05) is 0 Å². The van der Waals surface area contributed by atoms with E-state index in [9.17, 15) is 22.0 Å². The molecule has 0 bridgehead atoms. The summed E-state index contributed by atoms with van der Waals surface area (Å²) in [5.41, 5.74) is -1.19. The van der Waals surface area contributed by atoms with E-state index >= 15 is 0 Å². The lowest BCUT2D eigenvalue weighted by Crippen LogP contribution is -2.13. The molecule has 0 saturated carbocycles. The molecule has 0 amide bonds. The van der Waals surface area contributed by atoms with Crippen LogP contribution in [0.2, 0.25) is 5.28 Å². The molecule has 0 aliphatic rings. The van der Waals surface area contributed by atoms with E-state index in [-0.39, 0.29) is 5.82 Å². The van der Waals surface area contributed by atoms with Crippen LogP contribution in [-0.4, -0.2) is 14.8 Å². The summed E-state index contributed by atoms with van der Waals surface area (Å²) in [6.45, 7) is 3.20. The molecule has 108 valence electrons. The molecule has 2 rings (SSSR count). The summed E-state index contributed by atoms with van der Waals surface area (Å²) in [6.07, 6.45) is 0. The van der Waals surface area contributed by atoms with Crippen LogP contribution in [0.3, 0.4) is 0 Å². The lowest BCUT2D eigenvalue weighted by atomic mass is 10.2. The molecule has 0 aliphatic heterocycles. The Hall–Kier alpha value is -1.70. The maximum absolute atomic E-state index is 13.7. The predicted octanol–water partition coefficient (Wildman–Crippen LogP) is 3.74. The number of rotatable bonds is 2. The highest BCUT2D eigenvalue weighted by atomic mass is 35.5. The van der Waals surface area contributed by atoms with Gasteiger partial charge >= 0.3 is 0 Å². The Morgan fingerprint density at radius 2 is 1.30 bits per heavy atom. The van der Waals surface area contributed by atoms with Gasteiger partial charge in [-0.1, -0.05) is 13.8 Å². The number of hydrogen-bond acceptors (Lipinski definition) is 2. The quantitative estimate of drug-likeness (QED) is 0.480. The Bertz CT molecular complexity index is 654. The van der Waals surface area contributed by atoms with Gasteiger partial charge in [0.25, 0.3) is 0 Å². The van der Waals surface area contributed by atoms with Crippen LogP contribution in [0, 0.1) is 29.1 Å². The molecule has 0 atom stereocenters. The van der Waals surface area contributed by atoms with Gasteiger partial charge in [0.05, 0.1) is 0 Å². The van der Waals surface area contributed by atoms with Crippen molar-refractivity contribution in [2.45, 2.75) is 19.8 Å². The largest absolute Gasteiger partial charge is 0.263 e. The third-order valence-corrected chi connectivity index (χ3v) is 2.82. The highest BCUT2D eigenvalue weighted by molar-refractivity contribution is 6.28. The summed E-state index contributed by atoms with van der Waals surface area (Å²) in [5.74, 6) is -10.8. The van der Waals surface area contributed by atoms with E-state index in [2.05, 4.69) is 10.2 Å². The fraction of sp³-hybridized carbons (Fsp3) is 0.273. The molecule has 9 heteroatoms. The van der Waals surface area contributed by atoms with E-state index in [0.29, 0.717) is 4.57 Å². The maximum Gasteiger partial charge on any atom is 0.229 e. The molecule has 3 nitrogen and oxygen atoms in total. The van der Waals surface area contributed by atoms with Crippen molar-refractivity contribution < 1.29 is 22.0 Å². The summed E-state index contributed by atoms with van der Waals surface area (Å²) in [7, 11) is 0. The first-order chi connectivity index (χ1) is 9.27. The van der Waals surface area contributed by atoms with Crippen LogP contribution in [0.25, 0.3) is 5.69 Å². The van der Waals surface area contributed by atoms with E-state index in [1.54, 1.807) is 13.8 Å².